The molecule has 27 heavy (non-hydrogen) atoms. The summed E-state index contributed by atoms with van der Waals surface area (Å²) in [6, 6.07) is 32.8. The minimum atomic E-state index is 0.849. The van der Waals surface area contributed by atoms with Gasteiger partial charge in [0.15, 0.2) is 5.82 Å². The van der Waals surface area contributed by atoms with Crippen LogP contribution in [0, 0.1) is 0 Å². The Labute approximate surface area is 157 Å². The van der Waals surface area contributed by atoms with E-state index in [1.807, 2.05) is 72.9 Å². The first-order valence-corrected chi connectivity index (χ1v) is 8.95. The van der Waals surface area contributed by atoms with Crippen LogP contribution in [0.4, 0.5) is 0 Å². The summed E-state index contributed by atoms with van der Waals surface area (Å²) < 4.78 is 2.11. The minimum absolute atomic E-state index is 0.849. The average molecular weight is 347 g/mol. The van der Waals surface area contributed by atoms with Crippen LogP contribution in [0.15, 0.2) is 103 Å². The Morgan fingerprint density at radius 1 is 0.519 bits per heavy atom. The van der Waals surface area contributed by atoms with Crippen molar-refractivity contribution in [2.75, 3.05) is 0 Å². The third-order valence-electron chi connectivity index (χ3n) is 4.64. The van der Waals surface area contributed by atoms with E-state index >= 15 is 0 Å². The molecule has 0 amide bonds. The molecule has 0 saturated carbocycles. The molecule has 5 rings (SSSR count). The lowest BCUT2D eigenvalue weighted by Crippen LogP contribution is -1.93. The molecule has 3 heteroatoms. The van der Waals surface area contributed by atoms with Crippen LogP contribution in [-0.4, -0.2) is 14.4 Å². The quantitative estimate of drug-likeness (QED) is 0.417. The number of pyridine rings is 2. The Bertz CT molecular complexity index is 1210. The molecule has 0 aliphatic rings. The second kappa shape index (κ2) is 6.54. The van der Waals surface area contributed by atoms with Gasteiger partial charge in [-0.2, -0.15) is 0 Å². The Morgan fingerprint density at radius 3 is 1.96 bits per heavy atom. The number of fused-ring (bicyclic) bond motifs is 1. The van der Waals surface area contributed by atoms with Crippen molar-refractivity contribution in [3.05, 3.63) is 103 Å². The van der Waals surface area contributed by atoms with Gasteiger partial charge in [0.1, 0.15) is 5.69 Å². The smallest absolute Gasteiger partial charge is 0.163 e. The van der Waals surface area contributed by atoms with Crippen LogP contribution in [0.5, 0.6) is 0 Å². The fourth-order valence-corrected chi connectivity index (χ4v) is 3.36. The van der Waals surface area contributed by atoms with Crippen molar-refractivity contribution >= 4 is 5.52 Å². The Morgan fingerprint density at radius 2 is 1.19 bits per heavy atom. The zero-order chi connectivity index (χ0) is 18.1. The van der Waals surface area contributed by atoms with Gasteiger partial charge in [-0.15, -0.1) is 0 Å². The summed E-state index contributed by atoms with van der Waals surface area (Å²) in [5, 5.41) is 0. The maximum absolute atomic E-state index is 4.97. The normalized spacial score (nSPS) is 11.0. The number of imidazole rings is 1. The number of nitrogens with zero attached hydrogens (tertiary/aromatic N) is 3. The van der Waals surface area contributed by atoms with E-state index in [9.17, 15) is 0 Å². The van der Waals surface area contributed by atoms with Crippen molar-refractivity contribution in [1.29, 1.82) is 0 Å². The number of hydrogen-bond donors (Lipinski definition) is 0. The largest absolute Gasteiger partial charge is 0.298 e. The van der Waals surface area contributed by atoms with E-state index in [2.05, 4.69) is 34.7 Å². The SMILES string of the molecule is c1ccc(-c2cccc(-c3nc(-c4ccccc4)c4ccccn34)n2)cc1. The van der Waals surface area contributed by atoms with E-state index in [4.69, 9.17) is 9.97 Å². The topological polar surface area (TPSA) is 30.2 Å². The van der Waals surface area contributed by atoms with Crippen LogP contribution in [0.3, 0.4) is 0 Å². The van der Waals surface area contributed by atoms with Gasteiger partial charge in [0, 0.05) is 17.3 Å². The summed E-state index contributed by atoms with van der Waals surface area (Å²) in [5.41, 5.74) is 6.06. The summed E-state index contributed by atoms with van der Waals surface area (Å²) in [5.74, 6) is 0.849. The number of hydrogen-bond acceptors (Lipinski definition) is 2. The van der Waals surface area contributed by atoms with Gasteiger partial charge in [0.05, 0.1) is 16.9 Å². The molecular formula is C24H17N3. The van der Waals surface area contributed by atoms with Gasteiger partial charge >= 0.3 is 0 Å². The lowest BCUT2D eigenvalue weighted by molar-refractivity contribution is 1.13. The molecule has 5 aromatic rings. The Hall–Kier alpha value is -3.72. The van der Waals surface area contributed by atoms with Gasteiger partial charge in [-0.3, -0.25) is 4.40 Å². The Balaban J connectivity index is 1.71. The third-order valence-corrected chi connectivity index (χ3v) is 4.64. The van der Waals surface area contributed by atoms with Crippen molar-refractivity contribution in [2.24, 2.45) is 0 Å². The van der Waals surface area contributed by atoms with Crippen LogP contribution in [-0.2, 0) is 0 Å². The van der Waals surface area contributed by atoms with E-state index < -0.39 is 0 Å². The molecule has 0 N–H and O–H groups in total. The van der Waals surface area contributed by atoms with Crippen molar-refractivity contribution in [2.45, 2.75) is 0 Å². The van der Waals surface area contributed by atoms with E-state index in [0.29, 0.717) is 0 Å². The van der Waals surface area contributed by atoms with Crippen molar-refractivity contribution in [1.82, 2.24) is 14.4 Å². The van der Waals surface area contributed by atoms with E-state index in [-0.39, 0.29) is 0 Å². The second-order valence-corrected chi connectivity index (χ2v) is 6.38. The first-order valence-electron chi connectivity index (χ1n) is 8.95. The van der Waals surface area contributed by atoms with Crippen LogP contribution in [0.25, 0.3) is 39.5 Å². The molecule has 2 aromatic carbocycles. The summed E-state index contributed by atoms with van der Waals surface area (Å²) in [7, 11) is 0. The number of benzene rings is 2. The van der Waals surface area contributed by atoms with Gasteiger partial charge < -0.3 is 0 Å². The van der Waals surface area contributed by atoms with Gasteiger partial charge in [0.2, 0.25) is 0 Å². The molecule has 0 saturated heterocycles. The second-order valence-electron chi connectivity index (χ2n) is 6.38. The lowest BCUT2D eigenvalue weighted by Gasteiger charge is -2.04. The molecule has 0 atom stereocenters. The molecule has 0 aliphatic carbocycles. The highest BCUT2D eigenvalue weighted by Gasteiger charge is 2.15. The van der Waals surface area contributed by atoms with E-state index in [0.717, 1.165) is 39.5 Å². The van der Waals surface area contributed by atoms with Crippen LogP contribution in [0.2, 0.25) is 0 Å². The first kappa shape index (κ1) is 15.5. The predicted octanol–water partition coefficient (Wildman–Crippen LogP) is 5.73. The molecule has 3 aromatic heterocycles. The molecule has 0 unspecified atom stereocenters. The summed E-state index contributed by atoms with van der Waals surface area (Å²) in [6.45, 7) is 0. The molecule has 0 bridgehead atoms. The number of aromatic nitrogens is 3. The summed E-state index contributed by atoms with van der Waals surface area (Å²) in [4.78, 5) is 9.85. The van der Waals surface area contributed by atoms with Gasteiger partial charge in [-0.05, 0) is 24.3 Å². The molecule has 0 fully saturated rings. The maximum atomic E-state index is 4.97. The van der Waals surface area contributed by atoms with Gasteiger partial charge in [-0.25, -0.2) is 9.97 Å². The molecule has 0 spiro atoms. The van der Waals surface area contributed by atoms with Crippen molar-refractivity contribution in [3.63, 3.8) is 0 Å². The van der Waals surface area contributed by atoms with Crippen molar-refractivity contribution in [3.8, 4) is 34.0 Å². The zero-order valence-electron chi connectivity index (χ0n) is 14.7. The zero-order valence-corrected chi connectivity index (χ0v) is 14.7. The molecule has 128 valence electrons. The fourth-order valence-electron chi connectivity index (χ4n) is 3.36. The summed E-state index contributed by atoms with van der Waals surface area (Å²) >= 11 is 0. The fraction of sp³-hybridized carbons (Fsp3) is 0. The van der Waals surface area contributed by atoms with Crippen LogP contribution in [0.1, 0.15) is 0 Å². The molecule has 3 nitrogen and oxygen atoms in total. The molecule has 0 radical (unpaired) electrons. The molecule has 0 aliphatic heterocycles. The van der Waals surface area contributed by atoms with E-state index in [1.54, 1.807) is 0 Å². The highest BCUT2D eigenvalue weighted by Crippen LogP contribution is 2.29. The standard InChI is InChI=1S/C24H17N3/c1-3-10-18(11-4-1)20-14-9-15-21(25-20)24-26-23(19-12-5-2-6-13-19)22-16-7-8-17-27(22)24/h1-17H. The minimum Gasteiger partial charge on any atom is -0.298 e. The summed E-state index contributed by atoms with van der Waals surface area (Å²) in [6.07, 6.45) is 2.04. The average Bonchev–Trinajstić information content (AvgIpc) is 3.15. The molecular weight excluding hydrogens is 330 g/mol. The number of rotatable bonds is 3. The predicted molar refractivity (Wildman–Crippen MR) is 109 cm³/mol. The van der Waals surface area contributed by atoms with Crippen LogP contribution >= 0.6 is 0 Å². The lowest BCUT2D eigenvalue weighted by atomic mass is 10.1. The van der Waals surface area contributed by atoms with Gasteiger partial charge in [0.25, 0.3) is 0 Å². The van der Waals surface area contributed by atoms with Gasteiger partial charge in [-0.1, -0.05) is 72.8 Å². The van der Waals surface area contributed by atoms with E-state index in [1.165, 1.54) is 0 Å². The highest BCUT2D eigenvalue weighted by molar-refractivity contribution is 5.81. The molecule has 3 heterocycles. The first-order chi connectivity index (χ1) is 13.4. The Kier molecular flexibility index (Phi) is 3.76. The third kappa shape index (κ3) is 2.79. The van der Waals surface area contributed by atoms with Crippen LogP contribution < -0.4 is 0 Å². The maximum Gasteiger partial charge on any atom is 0.163 e. The van der Waals surface area contributed by atoms with Crippen molar-refractivity contribution < 1.29 is 0 Å². The monoisotopic (exact) mass is 347 g/mol. The highest BCUT2D eigenvalue weighted by atomic mass is 15.0.